The number of ether oxygens (including phenoxy) is 1. The molecule has 0 aromatic heterocycles. The summed E-state index contributed by atoms with van der Waals surface area (Å²) in [6.07, 6.45) is 0.745. The molecule has 0 amide bonds. The quantitative estimate of drug-likeness (QED) is 0.705. The van der Waals surface area contributed by atoms with Crippen molar-refractivity contribution < 1.29 is 9.53 Å². The van der Waals surface area contributed by atoms with Crippen molar-refractivity contribution in [2.75, 3.05) is 31.6 Å². The molecule has 0 heterocycles. The molecule has 1 N–H and O–H groups in total. The number of benzene rings is 1. The highest BCUT2D eigenvalue weighted by Crippen LogP contribution is 2.11. The number of nitrogens with one attached hydrogen (secondary N) is 1. The molecule has 0 spiro atoms. The van der Waals surface area contributed by atoms with E-state index in [2.05, 4.69) is 24.1 Å². The van der Waals surface area contributed by atoms with Gasteiger partial charge in [-0.05, 0) is 38.6 Å². The fraction of sp³-hybridized carbons (Fsp3) is 0.562. The summed E-state index contributed by atoms with van der Waals surface area (Å²) in [5.74, 6) is -0.177. The normalized spacial score (nSPS) is 12.2. The van der Waals surface area contributed by atoms with Crippen molar-refractivity contribution in [3.05, 3.63) is 30.3 Å². The Labute approximate surface area is 122 Å². The van der Waals surface area contributed by atoms with Crippen molar-refractivity contribution in [3.63, 3.8) is 0 Å². The smallest absolute Gasteiger partial charge is 0.328 e. The van der Waals surface area contributed by atoms with Crippen molar-refractivity contribution in [1.29, 1.82) is 0 Å². The van der Waals surface area contributed by atoms with Crippen LogP contribution in [0.1, 0.15) is 27.2 Å². The number of carbonyl (C=O) groups excluding carboxylic acids is 1. The van der Waals surface area contributed by atoms with Gasteiger partial charge in [0.2, 0.25) is 0 Å². The highest BCUT2D eigenvalue weighted by atomic mass is 16.5. The van der Waals surface area contributed by atoms with Crippen molar-refractivity contribution in [2.24, 2.45) is 0 Å². The van der Waals surface area contributed by atoms with Crippen molar-refractivity contribution in [1.82, 2.24) is 4.90 Å². The molecule has 0 saturated heterocycles. The lowest BCUT2D eigenvalue weighted by Gasteiger charge is -2.23. The summed E-state index contributed by atoms with van der Waals surface area (Å²) in [5, 5.41) is 3.27. The average molecular weight is 278 g/mol. The number of hydrogen-bond acceptors (Lipinski definition) is 4. The van der Waals surface area contributed by atoms with Gasteiger partial charge in [0.05, 0.1) is 6.61 Å². The number of rotatable bonds is 9. The second-order valence-electron chi connectivity index (χ2n) is 4.63. The van der Waals surface area contributed by atoms with E-state index in [4.69, 9.17) is 4.74 Å². The van der Waals surface area contributed by atoms with Gasteiger partial charge in [-0.1, -0.05) is 32.0 Å². The Morgan fingerprint density at radius 2 is 1.85 bits per heavy atom. The van der Waals surface area contributed by atoms with Crippen LogP contribution in [0.15, 0.2) is 30.3 Å². The van der Waals surface area contributed by atoms with E-state index in [1.54, 1.807) is 0 Å². The predicted molar refractivity (Wildman–Crippen MR) is 82.9 cm³/mol. The SMILES string of the molecule is CCOC(=O)C(CCN(CC)CC)Nc1ccccc1. The van der Waals surface area contributed by atoms with Crippen LogP contribution in [-0.2, 0) is 9.53 Å². The van der Waals surface area contributed by atoms with Crippen LogP contribution in [0.3, 0.4) is 0 Å². The molecule has 0 fully saturated rings. The zero-order valence-corrected chi connectivity index (χ0v) is 12.8. The molecule has 0 aliphatic heterocycles. The minimum atomic E-state index is -0.294. The monoisotopic (exact) mass is 278 g/mol. The van der Waals surface area contributed by atoms with E-state index in [0.717, 1.165) is 31.7 Å². The molecular formula is C16H26N2O2. The van der Waals surface area contributed by atoms with Gasteiger partial charge in [0, 0.05) is 12.2 Å². The van der Waals surface area contributed by atoms with Gasteiger partial charge < -0.3 is 15.0 Å². The van der Waals surface area contributed by atoms with E-state index >= 15 is 0 Å². The molecule has 1 rings (SSSR count). The summed E-state index contributed by atoms with van der Waals surface area (Å²) in [6, 6.07) is 9.50. The molecule has 20 heavy (non-hydrogen) atoms. The van der Waals surface area contributed by atoms with Crippen LogP contribution in [0.4, 0.5) is 5.69 Å². The molecule has 1 atom stereocenters. The molecule has 0 aliphatic rings. The van der Waals surface area contributed by atoms with E-state index in [9.17, 15) is 4.79 Å². The Kier molecular flexibility index (Phi) is 7.73. The first-order valence-corrected chi connectivity index (χ1v) is 7.41. The number of nitrogens with zero attached hydrogens (tertiary/aromatic N) is 1. The summed E-state index contributed by atoms with van der Waals surface area (Å²) in [5.41, 5.74) is 0.949. The van der Waals surface area contributed by atoms with E-state index < -0.39 is 0 Å². The maximum atomic E-state index is 12.0. The third-order valence-electron chi connectivity index (χ3n) is 3.31. The molecule has 112 valence electrons. The van der Waals surface area contributed by atoms with Gasteiger partial charge in [0.1, 0.15) is 6.04 Å². The topological polar surface area (TPSA) is 41.6 Å². The van der Waals surface area contributed by atoms with Crippen LogP contribution in [0, 0.1) is 0 Å². The second-order valence-corrected chi connectivity index (χ2v) is 4.63. The minimum Gasteiger partial charge on any atom is -0.464 e. The van der Waals surface area contributed by atoms with Gasteiger partial charge in [0.15, 0.2) is 0 Å². The summed E-state index contributed by atoms with van der Waals surface area (Å²) >= 11 is 0. The zero-order chi connectivity index (χ0) is 14.8. The maximum absolute atomic E-state index is 12.0. The van der Waals surface area contributed by atoms with Crippen molar-refractivity contribution in [3.8, 4) is 0 Å². The van der Waals surface area contributed by atoms with E-state index in [1.807, 2.05) is 37.3 Å². The van der Waals surface area contributed by atoms with E-state index in [1.165, 1.54) is 0 Å². The molecule has 1 aromatic carbocycles. The summed E-state index contributed by atoms with van der Waals surface area (Å²) in [4.78, 5) is 14.3. The highest BCUT2D eigenvalue weighted by Gasteiger charge is 2.20. The first-order chi connectivity index (χ1) is 9.71. The molecule has 1 unspecified atom stereocenters. The molecule has 4 nitrogen and oxygen atoms in total. The number of esters is 1. The number of hydrogen-bond donors (Lipinski definition) is 1. The van der Waals surface area contributed by atoms with Gasteiger partial charge in [0.25, 0.3) is 0 Å². The third kappa shape index (κ3) is 5.61. The number of anilines is 1. The fourth-order valence-corrected chi connectivity index (χ4v) is 2.08. The lowest BCUT2D eigenvalue weighted by molar-refractivity contribution is -0.144. The van der Waals surface area contributed by atoms with Crippen molar-refractivity contribution in [2.45, 2.75) is 33.2 Å². The highest BCUT2D eigenvalue weighted by molar-refractivity contribution is 5.79. The minimum absolute atomic E-state index is 0.177. The number of carbonyl (C=O) groups is 1. The Bertz CT molecular complexity index is 377. The Hall–Kier alpha value is -1.55. The molecule has 0 saturated carbocycles. The Morgan fingerprint density at radius 3 is 2.40 bits per heavy atom. The molecular weight excluding hydrogens is 252 g/mol. The molecule has 0 bridgehead atoms. The standard InChI is InChI=1S/C16H26N2O2/c1-4-18(5-2)13-12-15(16(19)20-6-3)17-14-10-8-7-9-11-14/h7-11,15,17H,4-6,12-13H2,1-3H3. The van der Waals surface area contributed by atoms with Gasteiger partial charge in [-0.25, -0.2) is 4.79 Å². The third-order valence-corrected chi connectivity index (χ3v) is 3.31. The first kappa shape index (κ1) is 16.5. The largest absolute Gasteiger partial charge is 0.464 e. The maximum Gasteiger partial charge on any atom is 0.328 e. The van der Waals surface area contributed by atoms with Crippen LogP contribution < -0.4 is 5.32 Å². The summed E-state index contributed by atoms with van der Waals surface area (Å²) < 4.78 is 5.16. The molecule has 1 aromatic rings. The van der Waals surface area contributed by atoms with Crippen LogP contribution >= 0.6 is 0 Å². The zero-order valence-electron chi connectivity index (χ0n) is 12.8. The lowest BCUT2D eigenvalue weighted by Crippen LogP contribution is -2.36. The van der Waals surface area contributed by atoms with Gasteiger partial charge >= 0.3 is 5.97 Å². The first-order valence-electron chi connectivity index (χ1n) is 7.41. The van der Waals surface area contributed by atoms with Crippen LogP contribution in [0.5, 0.6) is 0 Å². The van der Waals surface area contributed by atoms with Crippen LogP contribution in [0.2, 0.25) is 0 Å². The predicted octanol–water partition coefficient (Wildman–Crippen LogP) is 2.76. The lowest BCUT2D eigenvalue weighted by atomic mass is 10.1. The molecule has 4 heteroatoms. The second kappa shape index (κ2) is 9.37. The van der Waals surface area contributed by atoms with Gasteiger partial charge in [-0.3, -0.25) is 0 Å². The molecule has 0 radical (unpaired) electrons. The van der Waals surface area contributed by atoms with Gasteiger partial charge in [-0.15, -0.1) is 0 Å². The summed E-state index contributed by atoms with van der Waals surface area (Å²) in [7, 11) is 0. The molecule has 0 aliphatic carbocycles. The van der Waals surface area contributed by atoms with Gasteiger partial charge in [-0.2, -0.15) is 0 Å². The summed E-state index contributed by atoms with van der Waals surface area (Å²) in [6.45, 7) is 9.39. The van der Waals surface area contributed by atoms with Crippen molar-refractivity contribution >= 4 is 11.7 Å². The fourth-order valence-electron chi connectivity index (χ4n) is 2.08. The Balaban J connectivity index is 2.62. The Morgan fingerprint density at radius 1 is 1.20 bits per heavy atom. The van der Waals surface area contributed by atoms with E-state index in [-0.39, 0.29) is 12.0 Å². The van der Waals surface area contributed by atoms with E-state index in [0.29, 0.717) is 6.61 Å². The number of para-hydroxylation sites is 1. The van der Waals surface area contributed by atoms with Crippen LogP contribution in [0.25, 0.3) is 0 Å². The van der Waals surface area contributed by atoms with Crippen LogP contribution in [-0.4, -0.2) is 43.2 Å². The average Bonchev–Trinajstić information content (AvgIpc) is 2.48.